The number of hydrogen-bond acceptors (Lipinski definition) is 4. The summed E-state index contributed by atoms with van der Waals surface area (Å²) in [6, 6.07) is 4.78. The Hall–Kier alpha value is -0.940. The molecule has 2 heterocycles. The summed E-state index contributed by atoms with van der Waals surface area (Å²) in [5.74, 6) is 0. The summed E-state index contributed by atoms with van der Waals surface area (Å²) in [4.78, 5) is 0. The van der Waals surface area contributed by atoms with Crippen molar-refractivity contribution < 1.29 is 18.9 Å². The molecule has 0 radical (unpaired) electrons. The molecule has 2 fully saturated rings. The average Bonchev–Trinajstić information content (AvgIpc) is 2.94. The summed E-state index contributed by atoms with van der Waals surface area (Å²) in [6.07, 6.45) is 17.1. The van der Waals surface area contributed by atoms with Crippen molar-refractivity contribution >= 4 is 0 Å². The van der Waals surface area contributed by atoms with E-state index in [2.05, 4.69) is 53.7 Å². The Morgan fingerprint density at radius 2 is 0.825 bits per heavy atom. The molecular weight excluding hydrogens is 496 g/mol. The molecule has 232 valence electrons. The van der Waals surface area contributed by atoms with Gasteiger partial charge in [-0.1, -0.05) is 132 Å². The van der Waals surface area contributed by atoms with Gasteiger partial charge >= 0.3 is 0 Å². The second kappa shape index (κ2) is 18.6. The van der Waals surface area contributed by atoms with Crippen LogP contribution in [-0.2, 0) is 31.8 Å². The van der Waals surface area contributed by atoms with Crippen LogP contribution in [0.3, 0.4) is 0 Å². The molecule has 0 atom stereocenters. The summed E-state index contributed by atoms with van der Waals surface area (Å²) >= 11 is 0. The van der Waals surface area contributed by atoms with Crippen LogP contribution in [0.15, 0.2) is 12.1 Å². The molecule has 40 heavy (non-hydrogen) atoms. The molecule has 0 saturated carbocycles. The van der Waals surface area contributed by atoms with Crippen LogP contribution >= 0.6 is 0 Å². The predicted molar refractivity (Wildman–Crippen MR) is 169 cm³/mol. The minimum atomic E-state index is -0.275. The van der Waals surface area contributed by atoms with Crippen LogP contribution in [0.25, 0.3) is 0 Å². The quantitative estimate of drug-likeness (QED) is 0.188. The van der Waals surface area contributed by atoms with Crippen molar-refractivity contribution in [1.82, 2.24) is 0 Å². The molecule has 0 spiro atoms. The van der Waals surface area contributed by atoms with Gasteiger partial charge in [-0.3, -0.25) is 0 Å². The summed E-state index contributed by atoms with van der Waals surface area (Å²) in [5, 5.41) is 0. The highest BCUT2D eigenvalue weighted by Gasteiger charge is 2.33. The molecule has 2 aliphatic heterocycles. The Kier molecular flexibility index (Phi) is 16.4. The molecule has 1 aromatic rings. The van der Waals surface area contributed by atoms with Crippen LogP contribution < -0.4 is 0 Å². The van der Waals surface area contributed by atoms with Gasteiger partial charge < -0.3 is 18.9 Å². The molecule has 2 aliphatic rings. The maximum atomic E-state index is 6.33. The van der Waals surface area contributed by atoms with Crippen molar-refractivity contribution in [2.75, 3.05) is 26.4 Å². The lowest BCUT2D eigenvalue weighted by Crippen LogP contribution is -2.35. The van der Waals surface area contributed by atoms with E-state index in [1.165, 1.54) is 99.3 Å². The fourth-order valence-corrected chi connectivity index (χ4v) is 5.53. The first-order chi connectivity index (χ1) is 19.2. The Morgan fingerprint density at radius 1 is 0.525 bits per heavy atom. The van der Waals surface area contributed by atoms with Crippen molar-refractivity contribution in [3.63, 3.8) is 0 Å². The number of rotatable bonds is 16. The first-order valence-corrected chi connectivity index (χ1v) is 16.9. The summed E-state index contributed by atoms with van der Waals surface area (Å²) in [7, 11) is 0. The molecule has 0 aliphatic carbocycles. The number of benzene rings is 1. The van der Waals surface area contributed by atoms with Crippen LogP contribution in [0, 0.1) is 10.8 Å². The number of hydrogen-bond donors (Lipinski definition) is 0. The molecule has 4 heteroatoms. The van der Waals surface area contributed by atoms with Gasteiger partial charge in [-0.25, -0.2) is 0 Å². The highest BCUT2D eigenvalue weighted by molar-refractivity contribution is 5.41. The van der Waals surface area contributed by atoms with Crippen molar-refractivity contribution in [3.05, 3.63) is 34.4 Å². The second-order valence-corrected chi connectivity index (χ2v) is 13.5. The zero-order chi connectivity index (χ0) is 29.4. The Morgan fingerprint density at radius 3 is 1.15 bits per heavy atom. The van der Waals surface area contributed by atoms with Gasteiger partial charge in [0, 0.05) is 22.0 Å². The van der Waals surface area contributed by atoms with Crippen molar-refractivity contribution in [2.24, 2.45) is 10.8 Å². The van der Waals surface area contributed by atoms with Crippen molar-refractivity contribution in [1.29, 1.82) is 0 Å². The normalized spacial score (nSPS) is 19.3. The third-order valence-electron chi connectivity index (χ3n) is 8.01. The van der Waals surface area contributed by atoms with Gasteiger partial charge in [0.15, 0.2) is 12.6 Å². The molecular formula is C36H64O4. The maximum absolute atomic E-state index is 6.33. The van der Waals surface area contributed by atoms with E-state index in [4.69, 9.17) is 18.9 Å². The molecule has 3 rings (SSSR count). The summed E-state index contributed by atoms with van der Waals surface area (Å²) < 4.78 is 25.3. The van der Waals surface area contributed by atoms with E-state index in [0.29, 0.717) is 0 Å². The Bertz CT molecular complexity index is 728. The monoisotopic (exact) mass is 560 g/mol. The lowest BCUT2D eigenvalue weighted by Gasteiger charge is -2.37. The van der Waals surface area contributed by atoms with Crippen LogP contribution in [0.1, 0.15) is 167 Å². The molecule has 1 aromatic carbocycles. The SMILES string of the molecule is CC.CCCCCCCCc1cc(C2OCC(C)(C)CO2)c(CCCCCCCC)cc1C1OCC(C)(C)CO1. The zero-order valence-corrected chi connectivity index (χ0v) is 27.7. The van der Waals surface area contributed by atoms with Crippen molar-refractivity contribution in [2.45, 2.75) is 158 Å². The van der Waals surface area contributed by atoms with Gasteiger partial charge in [0.2, 0.25) is 0 Å². The fourth-order valence-electron chi connectivity index (χ4n) is 5.53. The summed E-state index contributed by atoms with van der Waals surface area (Å²) in [5.41, 5.74) is 5.29. The van der Waals surface area contributed by atoms with Crippen LogP contribution in [0.4, 0.5) is 0 Å². The zero-order valence-electron chi connectivity index (χ0n) is 27.7. The molecule has 0 bridgehead atoms. The molecule has 0 amide bonds. The predicted octanol–water partition coefficient (Wildman–Crippen LogP) is 10.7. The van der Waals surface area contributed by atoms with E-state index in [-0.39, 0.29) is 23.4 Å². The van der Waals surface area contributed by atoms with E-state index in [1.54, 1.807) is 0 Å². The van der Waals surface area contributed by atoms with Gasteiger partial charge in [-0.2, -0.15) is 0 Å². The highest BCUT2D eigenvalue weighted by atomic mass is 16.7. The van der Waals surface area contributed by atoms with E-state index in [1.807, 2.05) is 13.8 Å². The fraction of sp³-hybridized carbons (Fsp3) is 0.833. The van der Waals surface area contributed by atoms with Gasteiger partial charge in [0.1, 0.15) is 0 Å². The third kappa shape index (κ3) is 12.1. The average molecular weight is 561 g/mol. The van der Waals surface area contributed by atoms with Gasteiger partial charge in [-0.05, 0) is 36.8 Å². The van der Waals surface area contributed by atoms with Crippen LogP contribution in [0.5, 0.6) is 0 Å². The van der Waals surface area contributed by atoms with Crippen LogP contribution in [-0.4, -0.2) is 26.4 Å². The van der Waals surface area contributed by atoms with E-state index in [9.17, 15) is 0 Å². The number of aryl methyl sites for hydroxylation is 2. The van der Waals surface area contributed by atoms with Crippen molar-refractivity contribution in [3.8, 4) is 0 Å². The summed E-state index contributed by atoms with van der Waals surface area (Å²) in [6.45, 7) is 20.3. The number of ether oxygens (including phenoxy) is 4. The second-order valence-electron chi connectivity index (χ2n) is 13.5. The van der Waals surface area contributed by atoms with E-state index in [0.717, 1.165) is 39.3 Å². The standard InChI is InChI=1S/C34H58O4.C2H6/c1-7-9-11-13-15-17-19-27-21-30(32-37-25-34(5,6)26-38-32)28(20-18-16-14-12-10-8-2)22-29(27)31-35-23-33(3,4)24-36-31;1-2/h21-22,31-32H,7-20,23-26H2,1-6H3;1-2H3. The lowest BCUT2D eigenvalue weighted by atomic mass is 9.89. The molecule has 0 aromatic heterocycles. The smallest absolute Gasteiger partial charge is 0.184 e. The molecule has 0 N–H and O–H groups in total. The Labute approximate surface area is 248 Å². The van der Waals surface area contributed by atoms with Gasteiger partial charge in [0.25, 0.3) is 0 Å². The number of unbranched alkanes of at least 4 members (excludes halogenated alkanes) is 10. The molecule has 4 nitrogen and oxygen atoms in total. The topological polar surface area (TPSA) is 36.9 Å². The first kappa shape index (κ1) is 35.3. The molecule has 2 saturated heterocycles. The van der Waals surface area contributed by atoms with Crippen LogP contribution in [0.2, 0.25) is 0 Å². The van der Waals surface area contributed by atoms with Gasteiger partial charge in [-0.15, -0.1) is 0 Å². The minimum Gasteiger partial charge on any atom is -0.348 e. The Balaban J connectivity index is 0.00000274. The highest BCUT2D eigenvalue weighted by Crippen LogP contribution is 2.39. The van der Waals surface area contributed by atoms with E-state index >= 15 is 0 Å². The van der Waals surface area contributed by atoms with E-state index < -0.39 is 0 Å². The molecule has 0 unspecified atom stereocenters. The van der Waals surface area contributed by atoms with Gasteiger partial charge in [0.05, 0.1) is 26.4 Å². The lowest BCUT2D eigenvalue weighted by molar-refractivity contribution is -0.228. The maximum Gasteiger partial charge on any atom is 0.184 e. The first-order valence-electron chi connectivity index (χ1n) is 16.9. The largest absolute Gasteiger partial charge is 0.348 e. The third-order valence-corrected chi connectivity index (χ3v) is 8.01. The minimum absolute atomic E-state index is 0.0633.